The van der Waals surface area contributed by atoms with Crippen LogP contribution in [0, 0.1) is 0 Å². The van der Waals surface area contributed by atoms with Crippen LogP contribution in [-0.2, 0) is 11.2 Å². The topological polar surface area (TPSA) is 90.6 Å². The van der Waals surface area contributed by atoms with Gasteiger partial charge in [-0.2, -0.15) is 0 Å². The first kappa shape index (κ1) is 20.0. The Labute approximate surface area is 178 Å². The number of fused-ring (bicyclic) bond motifs is 1. The lowest BCUT2D eigenvalue weighted by molar-refractivity contribution is -0.114. The predicted octanol–water partition coefficient (Wildman–Crippen LogP) is 4.98. The number of aromatic amines is 2. The van der Waals surface area contributed by atoms with Crippen LogP contribution in [0.15, 0.2) is 69.2 Å². The van der Waals surface area contributed by atoms with Gasteiger partial charge < -0.3 is 10.4 Å². The number of pyridine rings is 1. The maximum absolute atomic E-state index is 12.5. The van der Waals surface area contributed by atoms with Crippen molar-refractivity contribution in [3.63, 3.8) is 0 Å². The first-order valence-corrected chi connectivity index (χ1v) is 10.6. The minimum absolute atomic E-state index is 0.0974. The minimum atomic E-state index is -0.156. The molecule has 0 saturated carbocycles. The van der Waals surface area contributed by atoms with E-state index in [-0.39, 0.29) is 11.5 Å². The van der Waals surface area contributed by atoms with Crippen LogP contribution in [0.4, 0.5) is 5.69 Å². The van der Waals surface area contributed by atoms with Crippen LogP contribution < -0.4 is 10.9 Å². The maximum Gasteiger partial charge on any atom is 0.273 e. The Balaban J connectivity index is 1.77. The van der Waals surface area contributed by atoms with Gasteiger partial charge in [-0.05, 0) is 42.8 Å². The molecule has 0 radical (unpaired) electrons. The van der Waals surface area contributed by atoms with E-state index in [0.29, 0.717) is 11.3 Å². The molecular weight excluding hydrogens is 396 g/mol. The highest BCUT2D eigenvalue weighted by molar-refractivity contribution is 7.99. The van der Waals surface area contributed by atoms with E-state index < -0.39 is 0 Å². The highest BCUT2D eigenvalue weighted by Crippen LogP contribution is 2.36. The van der Waals surface area contributed by atoms with Crippen LogP contribution in [0.1, 0.15) is 26.0 Å². The average Bonchev–Trinajstić information content (AvgIpc) is 3.09. The average molecular weight is 419 g/mol. The van der Waals surface area contributed by atoms with Gasteiger partial charge in [-0.1, -0.05) is 43.3 Å². The van der Waals surface area contributed by atoms with E-state index in [2.05, 4.69) is 22.4 Å². The fourth-order valence-corrected chi connectivity index (χ4v) is 4.37. The van der Waals surface area contributed by atoms with Gasteiger partial charge in [0.15, 0.2) is 0 Å². The molecule has 0 bridgehead atoms. The van der Waals surface area contributed by atoms with E-state index in [4.69, 9.17) is 4.98 Å². The van der Waals surface area contributed by atoms with Gasteiger partial charge in [-0.15, -0.1) is 0 Å². The Morgan fingerprint density at radius 1 is 1.10 bits per heavy atom. The van der Waals surface area contributed by atoms with Crippen molar-refractivity contribution in [3.05, 3.63) is 70.6 Å². The molecule has 3 N–H and O–H groups in total. The summed E-state index contributed by atoms with van der Waals surface area (Å²) >= 11 is 1.61. The lowest BCUT2D eigenvalue weighted by Crippen LogP contribution is -2.05. The van der Waals surface area contributed by atoms with E-state index in [1.165, 1.54) is 6.92 Å². The molecule has 4 aromatic rings. The molecule has 0 atom stereocenters. The van der Waals surface area contributed by atoms with Crippen molar-refractivity contribution in [2.24, 2.45) is 0 Å². The van der Waals surface area contributed by atoms with Crippen molar-refractivity contribution in [1.29, 1.82) is 0 Å². The second-order valence-corrected chi connectivity index (χ2v) is 8.13. The fourth-order valence-electron chi connectivity index (χ4n) is 3.40. The van der Waals surface area contributed by atoms with E-state index in [1.807, 2.05) is 54.6 Å². The zero-order chi connectivity index (χ0) is 21.1. The summed E-state index contributed by atoms with van der Waals surface area (Å²) in [5.41, 5.74) is 3.59. The Hall–Kier alpha value is -3.32. The third kappa shape index (κ3) is 4.16. The number of nitrogens with zero attached hydrogens (tertiary/aromatic N) is 1. The van der Waals surface area contributed by atoms with Crippen molar-refractivity contribution >= 4 is 34.3 Å². The van der Waals surface area contributed by atoms with Gasteiger partial charge in [0.1, 0.15) is 0 Å². The Morgan fingerprint density at radius 2 is 1.87 bits per heavy atom. The number of aryl methyl sites for hydroxylation is 1. The molecule has 0 aliphatic heterocycles. The first-order chi connectivity index (χ1) is 14.5. The molecule has 152 valence electrons. The number of aromatic nitrogens is 3. The van der Waals surface area contributed by atoms with Gasteiger partial charge in [-0.3, -0.25) is 14.7 Å². The number of carbonyl (C=O) groups is 1. The molecule has 0 aliphatic carbocycles. The second kappa shape index (κ2) is 8.59. The van der Waals surface area contributed by atoms with Gasteiger partial charge in [0, 0.05) is 33.5 Å². The monoisotopic (exact) mass is 418 g/mol. The molecule has 6 nitrogen and oxygen atoms in total. The van der Waals surface area contributed by atoms with E-state index in [9.17, 15) is 9.59 Å². The van der Waals surface area contributed by atoms with E-state index in [0.717, 1.165) is 44.9 Å². The molecule has 7 heteroatoms. The second-order valence-electron chi connectivity index (χ2n) is 7.01. The van der Waals surface area contributed by atoms with Gasteiger partial charge >= 0.3 is 0 Å². The van der Waals surface area contributed by atoms with Gasteiger partial charge in [0.2, 0.25) is 5.91 Å². The number of amides is 1. The van der Waals surface area contributed by atoms with Crippen molar-refractivity contribution in [1.82, 2.24) is 15.2 Å². The summed E-state index contributed by atoms with van der Waals surface area (Å²) in [6.45, 7) is 3.57. The highest BCUT2D eigenvalue weighted by atomic mass is 32.2. The van der Waals surface area contributed by atoms with Crippen molar-refractivity contribution in [2.75, 3.05) is 5.32 Å². The molecule has 2 heterocycles. The first-order valence-electron chi connectivity index (χ1n) is 9.80. The molecule has 2 aromatic carbocycles. The molecule has 30 heavy (non-hydrogen) atoms. The van der Waals surface area contributed by atoms with Crippen molar-refractivity contribution in [3.8, 4) is 11.3 Å². The fraction of sp³-hybridized carbons (Fsp3) is 0.174. The number of benzene rings is 2. The molecule has 4 rings (SSSR count). The van der Waals surface area contributed by atoms with Crippen LogP contribution >= 0.6 is 11.8 Å². The SMILES string of the molecule is CCCc1[nH][nH]c(=O)c1-c1cc(Sc2ccc(NC(C)=O)cc2)c2ccccc2n1. The zero-order valence-electron chi connectivity index (χ0n) is 16.8. The number of hydrogen-bond acceptors (Lipinski definition) is 4. The highest BCUT2D eigenvalue weighted by Gasteiger charge is 2.16. The smallest absolute Gasteiger partial charge is 0.273 e. The summed E-state index contributed by atoms with van der Waals surface area (Å²) in [4.78, 5) is 30.5. The molecule has 1 amide bonds. The predicted molar refractivity (Wildman–Crippen MR) is 121 cm³/mol. The maximum atomic E-state index is 12.5. The van der Waals surface area contributed by atoms with Crippen molar-refractivity contribution in [2.45, 2.75) is 36.5 Å². The Bertz CT molecular complexity index is 1260. The number of hydrogen-bond donors (Lipinski definition) is 3. The van der Waals surface area contributed by atoms with E-state index in [1.54, 1.807) is 11.8 Å². The number of H-pyrrole nitrogens is 2. The van der Waals surface area contributed by atoms with E-state index >= 15 is 0 Å². The molecule has 0 spiro atoms. The third-order valence-corrected chi connectivity index (χ3v) is 5.76. The largest absolute Gasteiger partial charge is 0.326 e. The Morgan fingerprint density at radius 3 is 2.60 bits per heavy atom. The Kier molecular flexibility index (Phi) is 5.72. The number of nitrogens with one attached hydrogen (secondary N) is 3. The van der Waals surface area contributed by atoms with Crippen molar-refractivity contribution < 1.29 is 4.79 Å². The molecule has 0 saturated heterocycles. The number of anilines is 1. The summed E-state index contributed by atoms with van der Waals surface area (Å²) in [6.07, 6.45) is 1.70. The lowest BCUT2D eigenvalue weighted by Gasteiger charge is -2.10. The molecule has 0 aliphatic rings. The number of carbonyl (C=O) groups excluding carboxylic acids is 1. The number of rotatable bonds is 6. The lowest BCUT2D eigenvalue weighted by atomic mass is 10.1. The quantitative estimate of drug-likeness (QED) is 0.412. The summed E-state index contributed by atoms with van der Waals surface area (Å²) in [5.74, 6) is -0.0974. The van der Waals surface area contributed by atoms with Crippen LogP contribution in [-0.4, -0.2) is 21.1 Å². The standard InChI is InChI=1S/C23H22N4O2S/c1-3-6-19-22(23(29)27-26-19)20-13-21(17-7-4-5-8-18(17)25-20)30-16-11-9-15(10-12-16)24-14(2)28/h4-5,7-13H,3,6H2,1-2H3,(H,24,28)(H2,26,27,29). The minimum Gasteiger partial charge on any atom is -0.326 e. The van der Waals surface area contributed by atoms with Crippen LogP contribution in [0.2, 0.25) is 0 Å². The molecule has 2 aromatic heterocycles. The third-order valence-electron chi connectivity index (χ3n) is 4.69. The van der Waals surface area contributed by atoms with Gasteiger partial charge in [0.25, 0.3) is 5.56 Å². The normalized spacial score (nSPS) is 11.0. The molecule has 0 fully saturated rings. The molecule has 0 unspecified atom stereocenters. The number of para-hydroxylation sites is 1. The zero-order valence-corrected chi connectivity index (χ0v) is 17.6. The molecular formula is C23H22N4O2S. The van der Waals surface area contributed by atoms with Crippen LogP contribution in [0.5, 0.6) is 0 Å². The summed E-state index contributed by atoms with van der Waals surface area (Å²) in [7, 11) is 0. The van der Waals surface area contributed by atoms with Crippen LogP contribution in [0.25, 0.3) is 22.2 Å². The van der Waals surface area contributed by atoms with Gasteiger partial charge in [-0.25, -0.2) is 4.98 Å². The summed E-state index contributed by atoms with van der Waals surface area (Å²) in [5, 5.41) is 9.50. The van der Waals surface area contributed by atoms with Crippen LogP contribution in [0.3, 0.4) is 0 Å². The summed E-state index contributed by atoms with van der Waals surface area (Å²) < 4.78 is 0. The summed E-state index contributed by atoms with van der Waals surface area (Å²) in [6, 6.07) is 17.6. The van der Waals surface area contributed by atoms with Gasteiger partial charge in [0.05, 0.1) is 16.8 Å².